The summed E-state index contributed by atoms with van der Waals surface area (Å²) in [5.74, 6) is 0.638. The van der Waals surface area contributed by atoms with Crippen LogP contribution in [0.15, 0.2) is 59.8 Å². The Labute approximate surface area is 146 Å². The summed E-state index contributed by atoms with van der Waals surface area (Å²) in [7, 11) is -2.01. The highest BCUT2D eigenvalue weighted by molar-refractivity contribution is 7.89. The van der Waals surface area contributed by atoms with Crippen LogP contribution in [-0.4, -0.2) is 35.3 Å². The fourth-order valence-corrected chi connectivity index (χ4v) is 4.57. The lowest BCUT2D eigenvalue weighted by Crippen LogP contribution is -2.33. The summed E-state index contributed by atoms with van der Waals surface area (Å²) in [6.45, 7) is 0.310. The molecule has 0 N–H and O–H groups in total. The third kappa shape index (κ3) is 3.01. The number of hydrogen-bond acceptors (Lipinski definition) is 4. The fourth-order valence-electron chi connectivity index (χ4n) is 2.92. The lowest BCUT2D eigenvalue weighted by atomic mass is 10.3. The molecule has 7 heteroatoms. The van der Waals surface area contributed by atoms with Gasteiger partial charge in [-0.25, -0.2) is 13.4 Å². The van der Waals surface area contributed by atoms with Crippen LogP contribution in [0.3, 0.4) is 0 Å². The van der Waals surface area contributed by atoms with Crippen molar-refractivity contribution in [2.24, 2.45) is 0 Å². The van der Waals surface area contributed by atoms with E-state index in [1.807, 2.05) is 28.8 Å². The number of imidazole rings is 1. The molecule has 1 saturated carbocycles. The summed E-state index contributed by atoms with van der Waals surface area (Å²) in [6, 6.07) is 12.3. The van der Waals surface area contributed by atoms with Crippen molar-refractivity contribution < 1.29 is 13.2 Å². The lowest BCUT2D eigenvalue weighted by molar-refractivity contribution is 0.393. The summed E-state index contributed by atoms with van der Waals surface area (Å²) < 4.78 is 34.9. The van der Waals surface area contributed by atoms with Crippen molar-refractivity contribution in [1.29, 1.82) is 0 Å². The van der Waals surface area contributed by atoms with E-state index in [2.05, 4.69) is 4.98 Å². The molecule has 0 radical (unpaired) electrons. The molecule has 0 spiro atoms. The molecule has 4 rings (SSSR count). The molecular formula is C18H19N3O3S. The Morgan fingerprint density at radius 1 is 1.20 bits per heavy atom. The average Bonchev–Trinajstić information content (AvgIpc) is 3.40. The topological polar surface area (TPSA) is 63.9 Å². The minimum absolute atomic E-state index is 0.0568. The zero-order valence-electron chi connectivity index (χ0n) is 13.9. The third-order valence-electron chi connectivity index (χ3n) is 4.43. The van der Waals surface area contributed by atoms with Gasteiger partial charge in [0.2, 0.25) is 10.0 Å². The van der Waals surface area contributed by atoms with Crippen LogP contribution in [0.5, 0.6) is 5.75 Å². The number of sulfonamides is 1. The molecule has 0 amide bonds. The van der Waals surface area contributed by atoms with Crippen LogP contribution in [0.4, 0.5) is 0 Å². The number of fused-ring (bicyclic) bond motifs is 1. The Morgan fingerprint density at radius 3 is 2.64 bits per heavy atom. The number of ether oxygens (including phenoxy) is 1. The van der Waals surface area contributed by atoms with Crippen LogP contribution in [-0.2, 0) is 16.6 Å². The number of methoxy groups -OCH3 is 1. The van der Waals surface area contributed by atoms with Crippen LogP contribution in [0.1, 0.15) is 18.5 Å². The van der Waals surface area contributed by atoms with Gasteiger partial charge < -0.3 is 9.14 Å². The number of nitrogens with zero attached hydrogens (tertiary/aromatic N) is 3. The van der Waals surface area contributed by atoms with E-state index in [0.29, 0.717) is 12.3 Å². The first kappa shape index (κ1) is 16.1. The molecule has 1 aliphatic rings. The van der Waals surface area contributed by atoms with Crippen molar-refractivity contribution in [3.8, 4) is 5.75 Å². The molecule has 25 heavy (non-hydrogen) atoms. The van der Waals surface area contributed by atoms with E-state index in [9.17, 15) is 8.42 Å². The molecule has 1 fully saturated rings. The number of benzene rings is 1. The SMILES string of the molecule is COc1ccc(S(=O)(=O)N(Cc2cnc3ccccn23)C2CC2)cc1. The van der Waals surface area contributed by atoms with Gasteiger partial charge in [0.05, 0.1) is 30.4 Å². The van der Waals surface area contributed by atoms with Gasteiger partial charge in [0.15, 0.2) is 0 Å². The molecule has 2 heterocycles. The minimum Gasteiger partial charge on any atom is -0.497 e. The summed E-state index contributed by atoms with van der Waals surface area (Å²) in [6.07, 6.45) is 5.44. The molecule has 1 aliphatic carbocycles. The Kier molecular flexibility index (Phi) is 3.97. The van der Waals surface area contributed by atoms with Crippen LogP contribution in [0.25, 0.3) is 5.65 Å². The first-order chi connectivity index (χ1) is 12.1. The molecule has 0 saturated heterocycles. The number of rotatable bonds is 6. The van der Waals surface area contributed by atoms with Gasteiger partial charge in [-0.1, -0.05) is 6.07 Å². The molecular weight excluding hydrogens is 338 g/mol. The Hall–Kier alpha value is -2.38. The van der Waals surface area contributed by atoms with Gasteiger partial charge >= 0.3 is 0 Å². The molecule has 3 aromatic rings. The molecule has 0 aliphatic heterocycles. The van der Waals surface area contributed by atoms with E-state index in [1.54, 1.807) is 41.9 Å². The predicted octanol–water partition coefficient (Wildman–Crippen LogP) is 2.70. The molecule has 6 nitrogen and oxygen atoms in total. The number of aromatic nitrogens is 2. The number of hydrogen-bond donors (Lipinski definition) is 0. The van der Waals surface area contributed by atoms with Crippen molar-refractivity contribution in [3.05, 3.63) is 60.6 Å². The second-order valence-corrected chi connectivity index (χ2v) is 8.03. The number of pyridine rings is 1. The maximum absolute atomic E-state index is 13.1. The van der Waals surface area contributed by atoms with Crippen molar-refractivity contribution >= 4 is 15.7 Å². The van der Waals surface area contributed by atoms with Gasteiger partial charge in [0.1, 0.15) is 11.4 Å². The van der Waals surface area contributed by atoms with Crippen LogP contribution in [0.2, 0.25) is 0 Å². The van der Waals surface area contributed by atoms with Gasteiger partial charge in [0.25, 0.3) is 0 Å². The lowest BCUT2D eigenvalue weighted by Gasteiger charge is -2.22. The Balaban J connectivity index is 1.68. The maximum atomic E-state index is 13.1. The Morgan fingerprint density at radius 2 is 1.96 bits per heavy atom. The van der Waals surface area contributed by atoms with E-state index < -0.39 is 10.0 Å². The second-order valence-electron chi connectivity index (χ2n) is 6.14. The van der Waals surface area contributed by atoms with E-state index >= 15 is 0 Å². The van der Waals surface area contributed by atoms with Gasteiger partial charge in [-0.3, -0.25) is 0 Å². The van der Waals surface area contributed by atoms with Crippen molar-refractivity contribution in [1.82, 2.24) is 13.7 Å². The van der Waals surface area contributed by atoms with E-state index in [0.717, 1.165) is 24.2 Å². The van der Waals surface area contributed by atoms with Gasteiger partial charge in [0, 0.05) is 12.2 Å². The van der Waals surface area contributed by atoms with Gasteiger partial charge in [-0.2, -0.15) is 4.31 Å². The van der Waals surface area contributed by atoms with E-state index in [-0.39, 0.29) is 10.9 Å². The van der Waals surface area contributed by atoms with Gasteiger partial charge in [-0.15, -0.1) is 0 Å². The summed E-state index contributed by atoms with van der Waals surface area (Å²) in [5.41, 5.74) is 1.68. The molecule has 1 aromatic carbocycles. The summed E-state index contributed by atoms with van der Waals surface area (Å²) in [4.78, 5) is 4.64. The van der Waals surface area contributed by atoms with Crippen molar-refractivity contribution in [2.45, 2.75) is 30.3 Å². The first-order valence-electron chi connectivity index (χ1n) is 8.16. The van der Waals surface area contributed by atoms with Crippen LogP contribution >= 0.6 is 0 Å². The minimum atomic E-state index is -3.57. The normalized spacial score (nSPS) is 15.0. The highest BCUT2D eigenvalue weighted by atomic mass is 32.2. The smallest absolute Gasteiger partial charge is 0.243 e. The zero-order chi connectivity index (χ0) is 17.4. The molecule has 130 valence electrons. The molecule has 2 aromatic heterocycles. The van der Waals surface area contributed by atoms with E-state index in [1.165, 1.54) is 0 Å². The third-order valence-corrected chi connectivity index (χ3v) is 6.34. The second kappa shape index (κ2) is 6.16. The highest BCUT2D eigenvalue weighted by Crippen LogP contribution is 2.34. The standard InChI is InChI=1S/C18H19N3O3S/c1-24-16-7-9-17(10-8-16)25(22,23)21(14-5-6-14)13-15-12-19-18-4-2-3-11-20(15)18/h2-4,7-12,14H,5-6,13H2,1H3. The molecule has 0 bridgehead atoms. The monoisotopic (exact) mass is 357 g/mol. The summed E-state index contributed by atoms with van der Waals surface area (Å²) in [5, 5.41) is 0. The quantitative estimate of drug-likeness (QED) is 0.680. The Bertz CT molecular complexity index is 992. The highest BCUT2D eigenvalue weighted by Gasteiger charge is 2.38. The van der Waals surface area contributed by atoms with Gasteiger partial charge in [-0.05, 0) is 49.2 Å². The molecule has 0 atom stereocenters. The maximum Gasteiger partial charge on any atom is 0.243 e. The largest absolute Gasteiger partial charge is 0.497 e. The zero-order valence-corrected chi connectivity index (χ0v) is 14.7. The fraction of sp³-hybridized carbons (Fsp3) is 0.278. The van der Waals surface area contributed by atoms with Crippen LogP contribution in [0, 0.1) is 0 Å². The van der Waals surface area contributed by atoms with E-state index in [4.69, 9.17) is 4.74 Å². The van der Waals surface area contributed by atoms with Crippen molar-refractivity contribution in [3.63, 3.8) is 0 Å². The van der Waals surface area contributed by atoms with Crippen LogP contribution < -0.4 is 4.74 Å². The summed E-state index contributed by atoms with van der Waals surface area (Å²) >= 11 is 0. The molecule has 0 unspecified atom stereocenters. The first-order valence-corrected chi connectivity index (χ1v) is 9.60. The van der Waals surface area contributed by atoms with Crippen molar-refractivity contribution in [2.75, 3.05) is 7.11 Å². The predicted molar refractivity (Wildman–Crippen MR) is 93.9 cm³/mol. The average molecular weight is 357 g/mol.